The van der Waals surface area contributed by atoms with E-state index in [2.05, 4.69) is 39.1 Å². The smallest absolute Gasteiger partial charge is 0.159 e. The zero-order chi connectivity index (χ0) is 20.3. The van der Waals surface area contributed by atoms with E-state index in [9.17, 15) is 0 Å². The van der Waals surface area contributed by atoms with Gasteiger partial charge in [-0.1, -0.05) is 12.1 Å². The number of aromatic nitrogens is 3. The third-order valence-electron chi connectivity index (χ3n) is 5.35. The maximum absolute atomic E-state index is 5.36. The van der Waals surface area contributed by atoms with E-state index in [1.807, 2.05) is 41.8 Å². The van der Waals surface area contributed by atoms with Crippen molar-refractivity contribution in [1.29, 1.82) is 0 Å². The molecule has 1 aliphatic rings. The van der Waals surface area contributed by atoms with Gasteiger partial charge in [0.15, 0.2) is 5.82 Å². The number of benzene rings is 1. The number of rotatable bonds is 5. The maximum atomic E-state index is 5.36. The van der Waals surface area contributed by atoms with Crippen LogP contribution in [0.15, 0.2) is 67.1 Å². The second-order valence-corrected chi connectivity index (χ2v) is 8.53. The fourth-order valence-corrected chi connectivity index (χ4v) is 4.81. The van der Waals surface area contributed by atoms with Crippen molar-refractivity contribution < 1.29 is 4.74 Å². The van der Waals surface area contributed by atoms with Gasteiger partial charge in [-0.15, -0.1) is 11.3 Å². The van der Waals surface area contributed by atoms with Crippen LogP contribution in [-0.2, 0) is 19.5 Å². The van der Waals surface area contributed by atoms with Crippen molar-refractivity contribution in [3.05, 3.63) is 83.3 Å². The van der Waals surface area contributed by atoms with E-state index in [-0.39, 0.29) is 0 Å². The molecule has 0 radical (unpaired) electrons. The van der Waals surface area contributed by atoms with Crippen molar-refractivity contribution in [2.45, 2.75) is 19.5 Å². The van der Waals surface area contributed by atoms with Crippen LogP contribution < -0.4 is 4.74 Å². The van der Waals surface area contributed by atoms with Gasteiger partial charge < -0.3 is 4.74 Å². The zero-order valence-corrected chi connectivity index (χ0v) is 17.6. The molecule has 0 spiro atoms. The summed E-state index contributed by atoms with van der Waals surface area (Å²) in [5.41, 5.74) is 4.60. The molecule has 5 nitrogen and oxygen atoms in total. The van der Waals surface area contributed by atoms with Crippen LogP contribution >= 0.6 is 11.3 Å². The first-order valence-electron chi connectivity index (χ1n) is 9.99. The molecule has 0 bridgehead atoms. The van der Waals surface area contributed by atoms with Crippen LogP contribution in [-0.4, -0.2) is 33.5 Å². The second-order valence-electron chi connectivity index (χ2n) is 7.36. The normalized spacial score (nSPS) is 13.8. The van der Waals surface area contributed by atoms with Crippen LogP contribution in [0.4, 0.5) is 0 Å². The molecule has 4 aromatic rings. The summed E-state index contributed by atoms with van der Waals surface area (Å²) >= 11 is 1.85. The Labute approximate surface area is 180 Å². The molecule has 0 atom stereocenters. The molecule has 150 valence electrons. The standard InChI is InChI=1S/C24H22N4OS/c1-29-20-4-2-3-18(13-20)23-6-5-21(30-23)16-28-12-9-22-19(15-28)14-26-24(27-22)17-7-10-25-11-8-17/h2-8,10-11,13-14H,9,12,15-16H2,1H3. The van der Waals surface area contributed by atoms with E-state index in [1.165, 1.54) is 20.9 Å². The molecule has 0 amide bonds. The van der Waals surface area contributed by atoms with Gasteiger partial charge in [0.2, 0.25) is 0 Å². The number of thiophene rings is 1. The first-order chi connectivity index (χ1) is 14.8. The topological polar surface area (TPSA) is 51.1 Å². The Kier molecular flexibility index (Phi) is 5.26. The third-order valence-corrected chi connectivity index (χ3v) is 6.47. The second kappa shape index (κ2) is 8.34. The summed E-state index contributed by atoms with van der Waals surface area (Å²) in [5.74, 6) is 1.67. The molecular weight excluding hydrogens is 392 g/mol. The molecule has 6 heteroatoms. The highest BCUT2D eigenvalue weighted by Crippen LogP contribution is 2.31. The molecule has 5 rings (SSSR count). The van der Waals surface area contributed by atoms with Crippen LogP contribution in [0.5, 0.6) is 5.75 Å². The fraction of sp³-hybridized carbons (Fsp3) is 0.208. The number of methoxy groups -OCH3 is 1. The van der Waals surface area contributed by atoms with Crippen molar-refractivity contribution in [2.24, 2.45) is 0 Å². The van der Waals surface area contributed by atoms with Gasteiger partial charge in [0.25, 0.3) is 0 Å². The summed E-state index contributed by atoms with van der Waals surface area (Å²) in [5, 5.41) is 0. The van der Waals surface area contributed by atoms with E-state index in [4.69, 9.17) is 9.72 Å². The molecule has 4 heterocycles. The van der Waals surface area contributed by atoms with Crippen LogP contribution in [0.2, 0.25) is 0 Å². The Bertz CT molecular complexity index is 1160. The van der Waals surface area contributed by atoms with Crippen molar-refractivity contribution in [2.75, 3.05) is 13.7 Å². The van der Waals surface area contributed by atoms with Gasteiger partial charge in [-0.05, 0) is 42.0 Å². The van der Waals surface area contributed by atoms with Gasteiger partial charge in [-0.2, -0.15) is 0 Å². The molecular formula is C24H22N4OS. The lowest BCUT2D eigenvalue weighted by molar-refractivity contribution is 0.245. The molecule has 3 aromatic heterocycles. The molecule has 1 aromatic carbocycles. The van der Waals surface area contributed by atoms with Crippen molar-refractivity contribution in [1.82, 2.24) is 19.9 Å². The molecule has 0 unspecified atom stereocenters. The van der Waals surface area contributed by atoms with E-state index in [1.54, 1.807) is 19.5 Å². The first-order valence-corrected chi connectivity index (χ1v) is 10.8. The predicted octanol–water partition coefficient (Wildman–Crippen LogP) is 4.83. The molecule has 0 saturated carbocycles. The van der Waals surface area contributed by atoms with Gasteiger partial charge in [0.1, 0.15) is 5.75 Å². The van der Waals surface area contributed by atoms with Gasteiger partial charge in [0, 0.05) is 65.5 Å². The van der Waals surface area contributed by atoms with Crippen molar-refractivity contribution >= 4 is 11.3 Å². The van der Waals surface area contributed by atoms with E-state index in [0.717, 1.165) is 48.9 Å². The van der Waals surface area contributed by atoms with Gasteiger partial charge >= 0.3 is 0 Å². The Balaban J connectivity index is 1.28. The maximum Gasteiger partial charge on any atom is 0.159 e. The summed E-state index contributed by atoms with van der Waals surface area (Å²) in [6.07, 6.45) is 6.49. The highest BCUT2D eigenvalue weighted by Gasteiger charge is 2.19. The highest BCUT2D eigenvalue weighted by molar-refractivity contribution is 7.15. The lowest BCUT2D eigenvalue weighted by atomic mass is 10.1. The summed E-state index contributed by atoms with van der Waals surface area (Å²) in [7, 11) is 1.71. The Hall–Kier alpha value is -3.09. The summed E-state index contributed by atoms with van der Waals surface area (Å²) in [6, 6.07) is 16.6. The van der Waals surface area contributed by atoms with Crippen molar-refractivity contribution in [3.8, 4) is 27.6 Å². The predicted molar refractivity (Wildman–Crippen MR) is 119 cm³/mol. The number of fused-ring (bicyclic) bond motifs is 1. The monoisotopic (exact) mass is 414 g/mol. The van der Waals surface area contributed by atoms with Crippen LogP contribution in [0.1, 0.15) is 16.1 Å². The summed E-state index contributed by atoms with van der Waals surface area (Å²) in [6.45, 7) is 2.84. The average Bonchev–Trinajstić information content (AvgIpc) is 3.28. The molecule has 0 saturated heterocycles. The average molecular weight is 415 g/mol. The van der Waals surface area contributed by atoms with E-state index in [0.29, 0.717) is 0 Å². The van der Waals surface area contributed by atoms with Crippen LogP contribution in [0, 0.1) is 0 Å². The lowest BCUT2D eigenvalue weighted by Crippen LogP contribution is -2.30. The number of pyridine rings is 1. The Morgan fingerprint density at radius 2 is 1.97 bits per heavy atom. The minimum absolute atomic E-state index is 0.783. The first kappa shape index (κ1) is 18.9. The molecule has 0 fully saturated rings. The SMILES string of the molecule is COc1cccc(-c2ccc(CN3CCc4nc(-c5ccncc5)ncc4C3)s2)c1. The Morgan fingerprint density at radius 1 is 1.07 bits per heavy atom. The third kappa shape index (κ3) is 3.97. The van der Waals surface area contributed by atoms with Gasteiger partial charge in [0.05, 0.1) is 12.8 Å². The van der Waals surface area contributed by atoms with E-state index >= 15 is 0 Å². The highest BCUT2D eigenvalue weighted by atomic mass is 32.1. The molecule has 30 heavy (non-hydrogen) atoms. The van der Waals surface area contributed by atoms with Gasteiger partial charge in [-0.25, -0.2) is 9.97 Å². The lowest BCUT2D eigenvalue weighted by Gasteiger charge is -2.27. The molecule has 0 aliphatic carbocycles. The summed E-state index contributed by atoms with van der Waals surface area (Å²) < 4.78 is 5.36. The Morgan fingerprint density at radius 3 is 2.83 bits per heavy atom. The van der Waals surface area contributed by atoms with Crippen molar-refractivity contribution in [3.63, 3.8) is 0 Å². The zero-order valence-electron chi connectivity index (χ0n) is 16.8. The number of ether oxygens (including phenoxy) is 1. The minimum atomic E-state index is 0.783. The number of hydrogen-bond acceptors (Lipinski definition) is 6. The largest absolute Gasteiger partial charge is 0.497 e. The van der Waals surface area contributed by atoms with Gasteiger partial charge in [-0.3, -0.25) is 9.88 Å². The quantitative estimate of drug-likeness (QED) is 0.468. The molecule has 1 aliphatic heterocycles. The van der Waals surface area contributed by atoms with E-state index < -0.39 is 0 Å². The number of nitrogens with zero attached hydrogens (tertiary/aromatic N) is 4. The molecule has 0 N–H and O–H groups in total. The fourth-order valence-electron chi connectivity index (χ4n) is 3.76. The summed E-state index contributed by atoms with van der Waals surface area (Å²) in [4.78, 5) is 18.6. The van der Waals surface area contributed by atoms with Crippen LogP contribution in [0.3, 0.4) is 0 Å². The minimum Gasteiger partial charge on any atom is -0.497 e. The van der Waals surface area contributed by atoms with Crippen LogP contribution in [0.25, 0.3) is 21.8 Å². The number of hydrogen-bond donors (Lipinski definition) is 0.